The van der Waals surface area contributed by atoms with Crippen molar-refractivity contribution in [1.29, 1.82) is 0 Å². The van der Waals surface area contributed by atoms with Crippen molar-refractivity contribution >= 4 is 28.8 Å². The van der Waals surface area contributed by atoms with Crippen LogP contribution in [-0.4, -0.2) is 26.8 Å². The van der Waals surface area contributed by atoms with Crippen LogP contribution in [0.25, 0.3) is 11.0 Å². The summed E-state index contributed by atoms with van der Waals surface area (Å²) in [6, 6.07) is 6.01. The van der Waals surface area contributed by atoms with Gasteiger partial charge in [-0.3, -0.25) is 4.79 Å². The summed E-state index contributed by atoms with van der Waals surface area (Å²) in [6.45, 7) is 2.03. The maximum atomic E-state index is 10.4. The van der Waals surface area contributed by atoms with E-state index >= 15 is 0 Å². The third-order valence-corrected chi connectivity index (χ3v) is 3.08. The van der Waals surface area contributed by atoms with Gasteiger partial charge in [-0.15, -0.1) is 11.8 Å². The Kier molecular flexibility index (Phi) is 3.14. The Balaban J connectivity index is 2.10. The number of carboxylic acid groups (broad SMARTS) is 1. The van der Waals surface area contributed by atoms with Gasteiger partial charge in [-0.1, -0.05) is 6.07 Å². The molecule has 0 radical (unpaired) electrons. The fourth-order valence-corrected chi connectivity index (χ4v) is 2.09. The Hall–Kier alpha value is -1.49. The number of carbonyl (C=O) groups is 1. The number of rotatable bonds is 4. The number of benzene rings is 1. The van der Waals surface area contributed by atoms with E-state index in [0.29, 0.717) is 5.75 Å². The molecule has 1 heterocycles. The first-order valence-electron chi connectivity index (χ1n) is 4.90. The first kappa shape index (κ1) is 11.0. The second-order valence-corrected chi connectivity index (χ2v) is 4.58. The minimum absolute atomic E-state index is 0.107. The van der Waals surface area contributed by atoms with Crippen LogP contribution in [0.1, 0.15) is 11.4 Å². The number of nitrogens with one attached hydrogen (secondary N) is 1. The number of carboxylic acids is 1. The van der Waals surface area contributed by atoms with Crippen LogP contribution in [0.2, 0.25) is 0 Å². The number of H-pyrrole nitrogens is 1. The van der Waals surface area contributed by atoms with Gasteiger partial charge in [0.1, 0.15) is 5.82 Å². The van der Waals surface area contributed by atoms with Gasteiger partial charge in [-0.05, 0) is 24.6 Å². The SMILES string of the molecule is Cc1ccc2nc(CSCC(=O)O)[nH]c2c1. The third-order valence-electron chi connectivity index (χ3n) is 2.15. The normalized spacial score (nSPS) is 10.8. The Labute approximate surface area is 97.1 Å². The van der Waals surface area contributed by atoms with E-state index in [1.807, 2.05) is 25.1 Å². The first-order chi connectivity index (χ1) is 7.65. The summed E-state index contributed by atoms with van der Waals surface area (Å²) < 4.78 is 0. The summed E-state index contributed by atoms with van der Waals surface area (Å²) in [7, 11) is 0. The number of hydrogen-bond donors (Lipinski definition) is 2. The second-order valence-electron chi connectivity index (χ2n) is 3.59. The molecule has 0 atom stereocenters. The Morgan fingerprint density at radius 2 is 2.38 bits per heavy atom. The van der Waals surface area contributed by atoms with Gasteiger partial charge in [0, 0.05) is 0 Å². The molecule has 0 fully saturated rings. The smallest absolute Gasteiger partial charge is 0.313 e. The largest absolute Gasteiger partial charge is 0.481 e. The minimum Gasteiger partial charge on any atom is -0.481 e. The van der Waals surface area contributed by atoms with E-state index in [1.165, 1.54) is 17.3 Å². The van der Waals surface area contributed by atoms with E-state index in [-0.39, 0.29) is 5.75 Å². The average molecular weight is 236 g/mol. The van der Waals surface area contributed by atoms with E-state index in [2.05, 4.69) is 9.97 Å². The molecule has 1 aromatic heterocycles. The van der Waals surface area contributed by atoms with E-state index < -0.39 is 5.97 Å². The molecule has 0 bridgehead atoms. The van der Waals surface area contributed by atoms with Gasteiger partial charge in [0.05, 0.1) is 22.5 Å². The van der Waals surface area contributed by atoms with Gasteiger partial charge in [0.25, 0.3) is 0 Å². The lowest BCUT2D eigenvalue weighted by atomic mass is 10.2. The van der Waals surface area contributed by atoms with Crippen LogP contribution < -0.4 is 0 Å². The van der Waals surface area contributed by atoms with Crippen molar-refractivity contribution in [2.75, 3.05) is 5.75 Å². The highest BCUT2D eigenvalue weighted by molar-refractivity contribution is 7.99. The van der Waals surface area contributed by atoms with Crippen molar-refractivity contribution in [1.82, 2.24) is 9.97 Å². The Morgan fingerprint density at radius 1 is 1.56 bits per heavy atom. The number of aryl methyl sites for hydroxylation is 1. The van der Waals surface area contributed by atoms with Crippen LogP contribution in [0.3, 0.4) is 0 Å². The predicted molar refractivity (Wildman–Crippen MR) is 64.6 cm³/mol. The lowest BCUT2D eigenvalue weighted by molar-refractivity contribution is -0.133. The quantitative estimate of drug-likeness (QED) is 0.854. The molecule has 16 heavy (non-hydrogen) atoms. The molecular formula is C11H12N2O2S. The maximum absolute atomic E-state index is 10.4. The molecule has 0 saturated heterocycles. The second kappa shape index (κ2) is 4.57. The van der Waals surface area contributed by atoms with Crippen molar-refractivity contribution in [2.45, 2.75) is 12.7 Å². The molecule has 4 nitrogen and oxygen atoms in total. The fraction of sp³-hybridized carbons (Fsp3) is 0.273. The maximum Gasteiger partial charge on any atom is 0.313 e. The van der Waals surface area contributed by atoms with Crippen LogP contribution in [-0.2, 0) is 10.5 Å². The lowest BCUT2D eigenvalue weighted by Gasteiger charge is -1.93. The van der Waals surface area contributed by atoms with Crippen molar-refractivity contribution in [3.63, 3.8) is 0 Å². The highest BCUT2D eigenvalue weighted by Crippen LogP contribution is 2.16. The number of imidazole rings is 1. The van der Waals surface area contributed by atoms with E-state index in [4.69, 9.17) is 5.11 Å². The standard InChI is InChI=1S/C11H12N2O2S/c1-7-2-3-8-9(4-7)13-10(12-8)5-16-6-11(14)15/h2-4H,5-6H2,1H3,(H,12,13)(H,14,15). The highest BCUT2D eigenvalue weighted by atomic mass is 32.2. The molecule has 0 spiro atoms. The van der Waals surface area contributed by atoms with Crippen molar-refractivity contribution in [3.05, 3.63) is 29.6 Å². The molecule has 1 aromatic carbocycles. The number of hydrogen-bond acceptors (Lipinski definition) is 3. The average Bonchev–Trinajstić information content (AvgIpc) is 2.58. The van der Waals surface area contributed by atoms with Crippen LogP contribution in [0, 0.1) is 6.92 Å². The summed E-state index contributed by atoms with van der Waals surface area (Å²) in [4.78, 5) is 17.9. The van der Waals surface area contributed by atoms with Crippen LogP contribution in [0.5, 0.6) is 0 Å². The van der Waals surface area contributed by atoms with Crippen molar-refractivity contribution in [3.8, 4) is 0 Å². The van der Waals surface area contributed by atoms with Gasteiger partial charge in [0.15, 0.2) is 0 Å². The molecule has 2 N–H and O–H groups in total. The molecule has 84 valence electrons. The van der Waals surface area contributed by atoms with Crippen LogP contribution in [0.4, 0.5) is 0 Å². The summed E-state index contributed by atoms with van der Waals surface area (Å²) >= 11 is 1.34. The van der Waals surface area contributed by atoms with Gasteiger partial charge in [0.2, 0.25) is 0 Å². The summed E-state index contributed by atoms with van der Waals surface area (Å²) in [5, 5.41) is 8.52. The Bertz CT molecular complexity index is 522. The zero-order valence-corrected chi connectivity index (χ0v) is 9.67. The molecular weight excluding hydrogens is 224 g/mol. The fourth-order valence-electron chi connectivity index (χ4n) is 1.48. The Morgan fingerprint density at radius 3 is 3.12 bits per heavy atom. The number of aromatic nitrogens is 2. The number of aromatic amines is 1. The van der Waals surface area contributed by atoms with E-state index in [1.54, 1.807) is 0 Å². The lowest BCUT2D eigenvalue weighted by Crippen LogP contribution is -1.98. The van der Waals surface area contributed by atoms with Gasteiger partial charge in [-0.25, -0.2) is 4.98 Å². The molecule has 0 amide bonds. The molecule has 0 unspecified atom stereocenters. The van der Waals surface area contributed by atoms with Crippen LogP contribution in [0.15, 0.2) is 18.2 Å². The molecule has 2 aromatic rings. The van der Waals surface area contributed by atoms with Gasteiger partial charge >= 0.3 is 5.97 Å². The predicted octanol–water partition coefficient (Wildman–Crippen LogP) is 2.19. The van der Waals surface area contributed by atoms with Crippen LogP contribution >= 0.6 is 11.8 Å². The van der Waals surface area contributed by atoms with Crippen molar-refractivity contribution in [2.24, 2.45) is 0 Å². The molecule has 0 aliphatic carbocycles. The summed E-state index contributed by atoms with van der Waals surface area (Å²) in [6.07, 6.45) is 0. The molecule has 0 aliphatic heterocycles. The number of thioether (sulfide) groups is 1. The zero-order chi connectivity index (χ0) is 11.5. The molecule has 0 saturated carbocycles. The molecule has 2 rings (SSSR count). The number of aliphatic carboxylic acids is 1. The van der Waals surface area contributed by atoms with E-state index in [9.17, 15) is 4.79 Å². The highest BCUT2D eigenvalue weighted by Gasteiger charge is 2.04. The molecule has 0 aliphatic rings. The first-order valence-corrected chi connectivity index (χ1v) is 6.05. The van der Waals surface area contributed by atoms with Gasteiger partial charge in [-0.2, -0.15) is 0 Å². The van der Waals surface area contributed by atoms with E-state index in [0.717, 1.165) is 16.9 Å². The van der Waals surface area contributed by atoms with Gasteiger partial charge < -0.3 is 10.1 Å². The number of fused-ring (bicyclic) bond motifs is 1. The van der Waals surface area contributed by atoms with Crippen molar-refractivity contribution < 1.29 is 9.90 Å². The minimum atomic E-state index is -0.794. The number of nitrogens with zero attached hydrogens (tertiary/aromatic N) is 1. The monoisotopic (exact) mass is 236 g/mol. The summed E-state index contributed by atoms with van der Waals surface area (Å²) in [5.41, 5.74) is 3.11. The molecule has 5 heteroatoms. The zero-order valence-electron chi connectivity index (χ0n) is 8.86. The summed E-state index contributed by atoms with van der Waals surface area (Å²) in [5.74, 6) is 0.736. The third kappa shape index (κ3) is 2.55. The topological polar surface area (TPSA) is 66.0 Å².